The summed E-state index contributed by atoms with van der Waals surface area (Å²) in [4.78, 5) is 35.5. The molecule has 0 spiro atoms. The normalized spacial score (nSPS) is 22.7. The zero-order chi connectivity index (χ0) is 28.3. The topological polar surface area (TPSA) is 191 Å². The van der Waals surface area contributed by atoms with Crippen molar-refractivity contribution in [3.63, 3.8) is 0 Å². The fourth-order valence-corrected chi connectivity index (χ4v) is 4.03. The highest BCUT2D eigenvalue weighted by molar-refractivity contribution is 5.90. The first-order valence-electron chi connectivity index (χ1n) is 11.6. The lowest BCUT2D eigenvalue weighted by Gasteiger charge is -2.39. The summed E-state index contributed by atoms with van der Waals surface area (Å²) < 4.78 is 32.2. The Balaban J connectivity index is 1.59. The van der Waals surface area contributed by atoms with Gasteiger partial charge in [-0.1, -0.05) is 12.1 Å². The van der Waals surface area contributed by atoms with E-state index in [0.29, 0.717) is 11.3 Å². The molecule has 0 radical (unpaired) electrons. The zero-order valence-electron chi connectivity index (χ0n) is 20.8. The van der Waals surface area contributed by atoms with Crippen molar-refractivity contribution in [2.45, 2.75) is 37.1 Å². The molecule has 2 heterocycles. The van der Waals surface area contributed by atoms with Gasteiger partial charge in [0.1, 0.15) is 71.9 Å². The van der Waals surface area contributed by atoms with Crippen molar-refractivity contribution in [3.8, 4) is 28.4 Å². The van der Waals surface area contributed by atoms with Gasteiger partial charge in [0.15, 0.2) is 0 Å². The van der Waals surface area contributed by atoms with Crippen LogP contribution in [0.4, 0.5) is 0 Å². The molecule has 4 rings (SSSR count). The summed E-state index contributed by atoms with van der Waals surface area (Å²) in [5.41, 5.74) is 0.591. The van der Waals surface area contributed by atoms with Gasteiger partial charge < -0.3 is 48.5 Å². The number of esters is 1. The van der Waals surface area contributed by atoms with Crippen LogP contribution in [-0.2, 0) is 19.1 Å². The molecule has 13 nitrogen and oxygen atoms in total. The first-order chi connectivity index (χ1) is 18.6. The molecule has 0 amide bonds. The molecule has 2 aromatic carbocycles. The standard InChI is InChI=1S/C26H26O13/c1-34-13-5-3-12(4-6-13)15-10-36-17-8-14(7-16(35-2)21(17)22(15)30)38-26-25(33)24(32)23(31)18(39-26)11-37-20(29)9-19(27)28/h3-8,10,18,23-26,31-33H,9,11H2,1-2H3,(H,27,28). The van der Waals surface area contributed by atoms with Gasteiger partial charge in [-0.15, -0.1) is 0 Å². The largest absolute Gasteiger partial charge is 0.497 e. The minimum atomic E-state index is -1.75. The molecule has 0 bridgehead atoms. The van der Waals surface area contributed by atoms with Gasteiger partial charge in [-0.05, 0) is 17.7 Å². The van der Waals surface area contributed by atoms with Crippen molar-refractivity contribution in [2.75, 3.05) is 20.8 Å². The number of carboxylic acid groups (broad SMARTS) is 1. The fourth-order valence-electron chi connectivity index (χ4n) is 4.03. The van der Waals surface area contributed by atoms with Crippen molar-refractivity contribution in [1.29, 1.82) is 0 Å². The van der Waals surface area contributed by atoms with E-state index in [4.69, 9.17) is 33.2 Å². The van der Waals surface area contributed by atoms with Crippen LogP contribution in [0.25, 0.3) is 22.1 Å². The molecule has 1 aliphatic heterocycles. The molecule has 208 valence electrons. The van der Waals surface area contributed by atoms with Crippen molar-refractivity contribution < 1.29 is 58.1 Å². The highest BCUT2D eigenvalue weighted by Gasteiger charge is 2.45. The quantitative estimate of drug-likeness (QED) is 0.217. The van der Waals surface area contributed by atoms with Gasteiger partial charge in [0.05, 0.1) is 19.8 Å². The molecule has 1 saturated heterocycles. The average molecular weight is 546 g/mol. The molecular formula is C26H26O13. The van der Waals surface area contributed by atoms with Crippen LogP contribution < -0.4 is 19.6 Å². The number of hydrogen-bond acceptors (Lipinski definition) is 12. The molecule has 1 aromatic heterocycles. The molecule has 5 atom stereocenters. The Bertz CT molecular complexity index is 1400. The highest BCUT2D eigenvalue weighted by Crippen LogP contribution is 2.33. The van der Waals surface area contributed by atoms with Crippen LogP contribution >= 0.6 is 0 Å². The first-order valence-corrected chi connectivity index (χ1v) is 11.6. The van der Waals surface area contributed by atoms with Crippen molar-refractivity contribution in [1.82, 2.24) is 0 Å². The number of aliphatic hydroxyl groups is 3. The Morgan fingerprint density at radius 2 is 1.67 bits per heavy atom. The number of ether oxygens (including phenoxy) is 5. The van der Waals surface area contributed by atoms with E-state index in [1.807, 2.05) is 0 Å². The summed E-state index contributed by atoms with van der Waals surface area (Å²) in [6.07, 6.45) is -7.67. The van der Waals surface area contributed by atoms with E-state index in [2.05, 4.69) is 0 Å². The third-order valence-electron chi connectivity index (χ3n) is 6.06. The average Bonchev–Trinajstić information content (AvgIpc) is 2.92. The lowest BCUT2D eigenvalue weighted by molar-refractivity contribution is -0.278. The van der Waals surface area contributed by atoms with Gasteiger partial charge in [-0.3, -0.25) is 14.4 Å². The van der Waals surface area contributed by atoms with Crippen LogP contribution in [0.3, 0.4) is 0 Å². The van der Waals surface area contributed by atoms with E-state index in [1.54, 1.807) is 24.3 Å². The molecule has 0 saturated carbocycles. The maximum absolute atomic E-state index is 13.3. The monoisotopic (exact) mass is 546 g/mol. The van der Waals surface area contributed by atoms with Crippen molar-refractivity contribution >= 4 is 22.9 Å². The SMILES string of the molecule is COc1ccc(-c2coc3cc(OC4OC(COC(=O)CC(=O)O)C(O)C(O)C4O)cc(OC)c3c2=O)cc1. The summed E-state index contributed by atoms with van der Waals surface area (Å²) >= 11 is 0. The van der Waals surface area contributed by atoms with Crippen LogP contribution in [-0.4, -0.2) is 83.9 Å². The van der Waals surface area contributed by atoms with Crippen LogP contribution in [0, 0.1) is 0 Å². The molecule has 3 aromatic rings. The second kappa shape index (κ2) is 11.7. The third kappa shape index (κ3) is 5.96. The molecule has 13 heteroatoms. The lowest BCUT2D eigenvalue weighted by atomic mass is 9.99. The molecule has 1 aliphatic rings. The number of rotatable bonds is 9. The summed E-state index contributed by atoms with van der Waals surface area (Å²) in [6.45, 7) is -0.610. The van der Waals surface area contributed by atoms with Crippen LogP contribution in [0.1, 0.15) is 6.42 Å². The summed E-state index contributed by atoms with van der Waals surface area (Å²) in [6, 6.07) is 9.52. The van der Waals surface area contributed by atoms with Gasteiger partial charge in [-0.25, -0.2) is 0 Å². The minimum Gasteiger partial charge on any atom is -0.497 e. The maximum atomic E-state index is 13.3. The summed E-state index contributed by atoms with van der Waals surface area (Å²) in [7, 11) is 2.87. The fraction of sp³-hybridized carbons (Fsp3) is 0.346. The van der Waals surface area contributed by atoms with E-state index in [0.717, 1.165) is 0 Å². The van der Waals surface area contributed by atoms with Gasteiger partial charge in [0.25, 0.3) is 0 Å². The number of carbonyl (C=O) groups excluding carboxylic acids is 1. The van der Waals surface area contributed by atoms with Gasteiger partial charge in [0.2, 0.25) is 11.7 Å². The number of fused-ring (bicyclic) bond motifs is 1. The van der Waals surface area contributed by atoms with Gasteiger partial charge in [-0.2, -0.15) is 0 Å². The number of hydrogen-bond donors (Lipinski definition) is 4. The highest BCUT2D eigenvalue weighted by atomic mass is 16.7. The van der Waals surface area contributed by atoms with Crippen LogP contribution in [0.2, 0.25) is 0 Å². The van der Waals surface area contributed by atoms with Gasteiger partial charge in [0, 0.05) is 12.1 Å². The second-order valence-corrected chi connectivity index (χ2v) is 8.59. The van der Waals surface area contributed by atoms with E-state index in [-0.39, 0.29) is 33.5 Å². The predicted molar refractivity (Wildman–Crippen MR) is 132 cm³/mol. The van der Waals surface area contributed by atoms with E-state index in [9.17, 15) is 29.7 Å². The van der Waals surface area contributed by atoms with E-state index < -0.39 is 55.7 Å². The molecule has 4 N–H and O–H groups in total. The van der Waals surface area contributed by atoms with Crippen molar-refractivity contribution in [2.24, 2.45) is 0 Å². The number of carboxylic acids is 1. The number of aliphatic hydroxyl groups excluding tert-OH is 3. The zero-order valence-corrected chi connectivity index (χ0v) is 20.8. The predicted octanol–water partition coefficient (Wildman–Crippen LogP) is 0.681. The van der Waals surface area contributed by atoms with E-state index >= 15 is 0 Å². The Morgan fingerprint density at radius 3 is 2.31 bits per heavy atom. The maximum Gasteiger partial charge on any atom is 0.317 e. The van der Waals surface area contributed by atoms with E-state index in [1.165, 1.54) is 32.6 Å². The number of methoxy groups -OCH3 is 2. The van der Waals surface area contributed by atoms with Crippen LogP contribution in [0.5, 0.6) is 17.2 Å². The number of benzene rings is 2. The molecule has 0 aliphatic carbocycles. The first kappa shape index (κ1) is 27.9. The Kier molecular flexibility index (Phi) is 8.35. The molecule has 39 heavy (non-hydrogen) atoms. The third-order valence-corrected chi connectivity index (χ3v) is 6.06. The minimum absolute atomic E-state index is 0.0222. The Labute approximate surface area is 220 Å². The Morgan fingerprint density at radius 1 is 0.949 bits per heavy atom. The lowest BCUT2D eigenvalue weighted by Crippen LogP contribution is -2.60. The smallest absolute Gasteiger partial charge is 0.317 e. The number of carbonyl (C=O) groups is 2. The van der Waals surface area contributed by atoms with Crippen LogP contribution in [0.15, 0.2) is 51.9 Å². The van der Waals surface area contributed by atoms with Gasteiger partial charge >= 0.3 is 11.9 Å². The molecule has 5 unspecified atom stereocenters. The number of aliphatic carboxylic acids is 1. The Hall–Kier alpha value is -4.17. The summed E-state index contributed by atoms with van der Waals surface area (Å²) in [5, 5.41) is 39.7. The molecular weight excluding hydrogens is 520 g/mol. The second-order valence-electron chi connectivity index (χ2n) is 8.59. The molecule has 1 fully saturated rings. The van der Waals surface area contributed by atoms with Crippen molar-refractivity contribution in [3.05, 3.63) is 52.9 Å². The summed E-state index contributed by atoms with van der Waals surface area (Å²) in [5.74, 6) is -1.76.